The highest BCUT2D eigenvalue weighted by Gasteiger charge is 2.34. The Balaban J connectivity index is 1.24. The molecule has 3 aromatic rings. The van der Waals surface area contributed by atoms with Gasteiger partial charge >= 0.3 is 0 Å². The molecule has 0 spiro atoms. The van der Waals surface area contributed by atoms with Crippen molar-refractivity contribution in [2.45, 2.75) is 55.1 Å². The average Bonchev–Trinajstić information content (AvgIpc) is 3.29. The highest BCUT2D eigenvalue weighted by atomic mass is 32.2. The molecule has 8 nitrogen and oxygen atoms in total. The molecule has 5 rings (SSSR count). The quantitative estimate of drug-likeness (QED) is 0.500. The van der Waals surface area contributed by atoms with Crippen LogP contribution in [0.25, 0.3) is 11.4 Å². The lowest BCUT2D eigenvalue weighted by molar-refractivity contribution is -0.113. The number of rotatable bonds is 6. The van der Waals surface area contributed by atoms with Gasteiger partial charge in [0, 0.05) is 29.9 Å². The minimum Gasteiger partial charge on any atom is -0.325 e. The smallest absolute Gasteiger partial charge is 0.243 e. The first-order valence-electron chi connectivity index (χ1n) is 11.8. The number of carbonyl (C=O) groups excluding carboxylic acids is 1. The third-order valence-electron chi connectivity index (χ3n) is 6.54. The van der Waals surface area contributed by atoms with Crippen LogP contribution in [0.5, 0.6) is 0 Å². The fourth-order valence-electron chi connectivity index (χ4n) is 4.81. The molecule has 184 valence electrons. The van der Waals surface area contributed by atoms with Crippen molar-refractivity contribution < 1.29 is 13.2 Å². The maximum absolute atomic E-state index is 12.8. The molecule has 3 heterocycles. The first-order valence-corrected chi connectivity index (χ1v) is 14.3. The van der Waals surface area contributed by atoms with E-state index in [0.717, 1.165) is 37.1 Å². The lowest BCUT2D eigenvalue weighted by Gasteiger charge is -2.34. The zero-order chi connectivity index (χ0) is 24.6. The van der Waals surface area contributed by atoms with E-state index in [4.69, 9.17) is 0 Å². The van der Waals surface area contributed by atoms with Gasteiger partial charge < -0.3 is 5.32 Å². The van der Waals surface area contributed by atoms with Crippen molar-refractivity contribution in [3.05, 3.63) is 54.1 Å². The lowest BCUT2D eigenvalue weighted by atomic mass is 9.87. The maximum atomic E-state index is 12.8. The SMILES string of the molecule is CC1(C)Cc2ccccc2-c2nnc(SCC(=O)Nc3ccc(S(=O)(=O)N4CCCCC4)cc3)n21. The van der Waals surface area contributed by atoms with E-state index in [1.54, 1.807) is 28.6 Å². The van der Waals surface area contributed by atoms with E-state index < -0.39 is 10.0 Å². The molecule has 2 aromatic carbocycles. The molecule has 0 atom stereocenters. The Kier molecular flexibility index (Phi) is 6.45. The van der Waals surface area contributed by atoms with Crippen LogP contribution in [0.1, 0.15) is 38.7 Å². The Morgan fingerprint density at radius 1 is 1.03 bits per heavy atom. The average molecular weight is 512 g/mol. The fourth-order valence-corrected chi connectivity index (χ4v) is 7.22. The molecule has 1 fully saturated rings. The van der Waals surface area contributed by atoms with Crippen LogP contribution in [0.2, 0.25) is 0 Å². The van der Waals surface area contributed by atoms with Crippen molar-refractivity contribution in [3.8, 4) is 11.4 Å². The van der Waals surface area contributed by atoms with Crippen LogP contribution in [-0.4, -0.2) is 52.2 Å². The van der Waals surface area contributed by atoms with Crippen LogP contribution >= 0.6 is 11.8 Å². The molecule has 0 saturated carbocycles. The monoisotopic (exact) mass is 511 g/mol. The summed E-state index contributed by atoms with van der Waals surface area (Å²) in [5, 5.41) is 12.4. The number of nitrogens with zero attached hydrogens (tertiary/aromatic N) is 4. The molecule has 0 unspecified atom stereocenters. The maximum Gasteiger partial charge on any atom is 0.243 e. The number of aromatic nitrogens is 3. The molecule has 0 aliphatic carbocycles. The summed E-state index contributed by atoms with van der Waals surface area (Å²) < 4.78 is 29.3. The molecule has 1 aromatic heterocycles. The normalized spacial score (nSPS) is 17.4. The number of amides is 1. The van der Waals surface area contributed by atoms with E-state index in [0.29, 0.717) is 23.9 Å². The Morgan fingerprint density at radius 3 is 2.49 bits per heavy atom. The van der Waals surface area contributed by atoms with Crippen molar-refractivity contribution in [2.75, 3.05) is 24.2 Å². The number of hydrogen-bond acceptors (Lipinski definition) is 6. The second-order valence-electron chi connectivity index (χ2n) is 9.61. The highest BCUT2D eigenvalue weighted by molar-refractivity contribution is 7.99. The molecular formula is C25H29N5O3S2. The van der Waals surface area contributed by atoms with Gasteiger partial charge in [0.15, 0.2) is 11.0 Å². The van der Waals surface area contributed by atoms with Crippen LogP contribution in [-0.2, 0) is 26.8 Å². The van der Waals surface area contributed by atoms with Crippen molar-refractivity contribution >= 4 is 33.4 Å². The molecule has 2 aliphatic heterocycles. The van der Waals surface area contributed by atoms with Gasteiger partial charge in [-0.2, -0.15) is 4.31 Å². The van der Waals surface area contributed by atoms with Crippen LogP contribution in [0.15, 0.2) is 58.6 Å². The molecule has 10 heteroatoms. The topological polar surface area (TPSA) is 97.2 Å². The van der Waals surface area contributed by atoms with Crippen molar-refractivity contribution in [3.63, 3.8) is 0 Å². The number of nitrogens with one attached hydrogen (secondary N) is 1. The Labute approximate surface area is 210 Å². The molecule has 1 saturated heterocycles. The van der Waals surface area contributed by atoms with Gasteiger partial charge in [-0.25, -0.2) is 8.42 Å². The van der Waals surface area contributed by atoms with E-state index in [1.807, 2.05) is 12.1 Å². The van der Waals surface area contributed by atoms with Crippen LogP contribution in [0.3, 0.4) is 0 Å². The van der Waals surface area contributed by atoms with Gasteiger partial charge in [-0.3, -0.25) is 9.36 Å². The van der Waals surface area contributed by atoms with Gasteiger partial charge in [0.2, 0.25) is 15.9 Å². The Morgan fingerprint density at radius 2 is 1.74 bits per heavy atom. The predicted octanol–water partition coefficient (Wildman–Crippen LogP) is 4.14. The lowest BCUT2D eigenvalue weighted by Crippen LogP contribution is -2.35. The molecule has 1 N–H and O–H groups in total. The number of hydrogen-bond donors (Lipinski definition) is 1. The minimum absolute atomic E-state index is 0.170. The summed E-state index contributed by atoms with van der Waals surface area (Å²) in [6, 6.07) is 14.6. The summed E-state index contributed by atoms with van der Waals surface area (Å²) in [6.07, 6.45) is 3.71. The summed E-state index contributed by atoms with van der Waals surface area (Å²) in [7, 11) is -3.49. The van der Waals surface area contributed by atoms with Crippen molar-refractivity contribution in [1.29, 1.82) is 0 Å². The van der Waals surface area contributed by atoms with Gasteiger partial charge in [0.05, 0.1) is 10.6 Å². The van der Waals surface area contributed by atoms with E-state index in [-0.39, 0.29) is 22.1 Å². The number of benzene rings is 2. The summed E-state index contributed by atoms with van der Waals surface area (Å²) in [4.78, 5) is 12.9. The molecule has 2 aliphatic rings. The number of thioether (sulfide) groups is 1. The predicted molar refractivity (Wildman–Crippen MR) is 137 cm³/mol. The summed E-state index contributed by atoms with van der Waals surface area (Å²) in [5.74, 6) is 0.808. The van der Waals surface area contributed by atoms with Crippen molar-refractivity contribution in [2.24, 2.45) is 0 Å². The van der Waals surface area contributed by atoms with Gasteiger partial charge in [-0.05, 0) is 62.9 Å². The summed E-state index contributed by atoms with van der Waals surface area (Å²) in [6.45, 7) is 5.43. The fraction of sp³-hybridized carbons (Fsp3) is 0.400. The van der Waals surface area contributed by atoms with E-state index in [2.05, 4.69) is 46.1 Å². The van der Waals surface area contributed by atoms with Gasteiger partial charge in [-0.1, -0.05) is 42.4 Å². The van der Waals surface area contributed by atoms with Gasteiger partial charge in [0.25, 0.3) is 0 Å². The summed E-state index contributed by atoms with van der Waals surface area (Å²) in [5.41, 5.74) is 2.68. The largest absolute Gasteiger partial charge is 0.325 e. The van der Waals surface area contributed by atoms with Crippen LogP contribution in [0, 0.1) is 0 Å². The van der Waals surface area contributed by atoms with Crippen LogP contribution < -0.4 is 5.32 Å². The number of sulfonamides is 1. The molecule has 35 heavy (non-hydrogen) atoms. The zero-order valence-electron chi connectivity index (χ0n) is 19.9. The van der Waals surface area contributed by atoms with E-state index >= 15 is 0 Å². The second kappa shape index (κ2) is 9.40. The highest BCUT2D eigenvalue weighted by Crippen LogP contribution is 2.39. The molecular weight excluding hydrogens is 482 g/mol. The first-order chi connectivity index (χ1) is 16.8. The molecule has 1 amide bonds. The van der Waals surface area contributed by atoms with E-state index in [1.165, 1.54) is 17.3 Å². The number of carbonyl (C=O) groups is 1. The summed E-state index contributed by atoms with van der Waals surface area (Å²) >= 11 is 1.35. The third kappa shape index (κ3) is 4.74. The zero-order valence-corrected chi connectivity index (χ0v) is 21.5. The van der Waals surface area contributed by atoms with Gasteiger partial charge in [-0.15, -0.1) is 10.2 Å². The second-order valence-corrected chi connectivity index (χ2v) is 12.5. The van der Waals surface area contributed by atoms with E-state index in [9.17, 15) is 13.2 Å². The Bertz CT molecular complexity index is 1340. The molecule has 0 bridgehead atoms. The number of fused-ring (bicyclic) bond motifs is 3. The number of piperidine rings is 1. The standard InChI is InChI=1S/C25H29N5O3S2/c1-25(2)16-18-8-4-5-9-21(18)23-27-28-24(30(23)25)34-17-22(31)26-19-10-12-20(13-11-19)35(32,33)29-14-6-3-7-15-29/h4-5,8-13H,3,6-7,14-17H2,1-2H3,(H,26,31). The van der Waals surface area contributed by atoms with Crippen LogP contribution in [0.4, 0.5) is 5.69 Å². The van der Waals surface area contributed by atoms with Gasteiger partial charge in [0.1, 0.15) is 0 Å². The number of anilines is 1. The minimum atomic E-state index is -3.49. The first kappa shape index (κ1) is 24.0. The Hall–Kier alpha value is -2.69. The molecule has 0 radical (unpaired) electrons. The van der Waals surface area contributed by atoms with Crippen molar-refractivity contribution in [1.82, 2.24) is 19.1 Å². The third-order valence-corrected chi connectivity index (χ3v) is 9.39.